The number of nitrogens with one attached hydrogen (secondary N) is 2. The van der Waals surface area contributed by atoms with Crippen molar-refractivity contribution in [2.24, 2.45) is 5.84 Å². The topological polar surface area (TPSA) is 75.9 Å². The highest BCUT2D eigenvalue weighted by molar-refractivity contribution is 9.11. The van der Waals surface area contributed by atoms with Crippen molar-refractivity contribution in [2.75, 3.05) is 10.7 Å². The van der Waals surface area contributed by atoms with Gasteiger partial charge in [0.05, 0.1) is 10.3 Å². The van der Waals surface area contributed by atoms with E-state index in [4.69, 9.17) is 5.84 Å². The highest BCUT2D eigenvalue weighted by Crippen LogP contribution is 2.25. The van der Waals surface area contributed by atoms with Crippen molar-refractivity contribution in [2.45, 2.75) is 33.2 Å². The van der Waals surface area contributed by atoms with Crippen LogP contribution < -0.4 is 16.6 Å². The third kappa shape index (κ3) is 3.47. The molecule has 0 aromatic carbocycles. The maximum Gasteiger partial charge on any atom is 0.148 e. The highest BCUT2D eigenvalue weighted by atomic mass is 79.9. The molecule has 0 saturated heterocycles. The Balaban J connectivity index is 2.23. The average molecular weight is 356 g/mol. The van der Waals surface area contributed by atoms with Crippen molar-refractivity contribution in [1.29, 1.82) is 0 Å². The monoisotopic (exact) mass is 355 g/mol. The standard InChI is InChI=1S/C13H18BrN5S/c1-7(2)11-17-12(8(3)13(18-11)19-15)16-6-9-4-5-10(14)20-9/h4-5,7H,6,15H2,1-3H3,(H2,16,17,18,19). The van der Waals surface area contributed by atoms with Crippen LogP contribution in [0.3, 0.4) is 0 Å². The van der Waals surface area contributed by atoms with E-state index in [1.807, 2.05) is 13.0 Å². The van der Waals surface area contributed by atoms with Gasteiger partial charge < -0.3 is 10.7 Å². The average Bonchev–Trinajstić information content (AvgIpc) is 2.83. The van der Waals surface area contributed by atoms with Gasteiger partial charge in [-0.25, -0.2) is 15.8 Å². The second kappa shape index (κ2) is 6.51. The van der Waals surface area contributed by atoms with Crippen molar-refractivity contribution in [1.82, 2.24) is 9.97 Å². The summed E-state index contributed by atoms with van der Waals surface area (Å²) in [5.41, 5.74) is 3.56. The third-order valence-electron chi connectivity index (χ3n) is 2.88. The number of aromatic nitrogens is 2. The van der Waals surface area contributed by atoms with E-state index in [1.165, 1.54) is 4.88 Å². The van der Waals surface area contributed by atoms with Crippen LogP contribution in [0.4, 0.5) is 11.6 Å². The molecular weight excluding hydrogens is 338 g/mol. The Morgan fingerprint density at radius 2 is 2.00 bits per heavy atom. The minimum Gasteiger partial charge on any atom is -0.365 e. The van der Waals surface area contributed by atoms with Crippen molar-refractivity contribution >= 4 is 38.9 Å². The third-order valence-corrected chi connectivity index (χ3v) is 4.50. The SMILES string of the molecule is Cc1c(NN)nc(C(C)C)nc1NCc1ccc(Br)s1. The van der Waals surface area contributed by atoms with Crippen LogP contribution in [0, 0.1) is 6.92 Å². The summed E-state index contributed by atoms with van der Waals surface area (Å²) in [7, 11) is 0. The van der Waals surface area contributed by atoms with Crippen LogP contribution in [-0.2, 0) is 6.54 Å². The van der Waals surface area contributed by atoms with Crippen LogP contribution in [0.2, 0.25) is 0 Å². The van der Waals surface area contributed by atoms with Crippen LogP contribution in [0.5, 0.6) is 0 Å². The Morgan fingerprint density at radius 3 is 2.55 bits per heavy atom. The Hall–Kier alpha value is -1.18. The minimum absolute atomic E-state index is 0.249. The first-order valence-electron chi connectivity index (χ1n) is 6.34. The van der Waals surface area contributed by atoms with E-state index in [1.54, 1.807) is 11.3 Å². The number of rotatable bonds is 5. The minimum atomic E-state index is 0.249. The molecule has 20 heavy (non-hydrogen) atoms. The zero-order valence-corrected chi connectivity index (χ0v) is 14.1. The first kappa shape index (κ1) is 15.2. The molecule has 0 atom stereocenters. The Bertz CT molecular complexity index is 596. The van der Waals surface area contributed by atoms with Crippen LogP contribution in [0.1, 0.15) is 36.0 Å². The van der Waals surface area contributed by atoms with Crippen LogP contribution in [-0.4, -0.2) is 9.97 Å². The number of hydrogen-bond acceptors (Lipinski definition) is 6. The molecule has 0 unspecified atom stereocenters. The molecule has 7 heteroatoms. The molecular formula is C13H18BrN5S. The van der Waals surface area contributed by atoms with Gasteiger partial charge in [-0.15, -0.1) is 11.3 Å². The van der Waals surface area contributed by atoms with E-state index >= 15 is 0 Å². The van der Waals surface area contributed by atoms with E-state index in [0.717, 1.165) is 27.5 Å². The fraction of sp³-hybridized carbons (Fsp3) is 0.385. The number of nitrogens with two attached hydrogens (primary N) is 1. The summed E-state index contributed by atoms with van der Waals surface area (Å²) in [6.07, 6.45) is 0. The molecule has 0 bridgehead atoms. The quantitative estimate of drug-likeness (QED) is 0.563. The van der Waals surface area contributed by atoms with Crippen molar-refractivity contribution in [3.05, 3.63) is 32.2 Å². The van der Waals surface area contributed by atoms with Gasteiger partial charge >= 0.3 is 0 Å². The first-order chi connectivity index (χ1) is 9.51. The fourth-order valence-corrected chi connectivity index (χ4v) is 3.15. The van der Waals surface area contributed by atoms with Crippen molar-refractivity contribution < 1.29 is 0 Å². The number of anilines is 2. The smallest absolute Gasteiger partial charge is 0.148 e. The lowest BCUT2D eigenvalue weighted by atomic mass is 10.2. The number of nitrogens with zero attached hydrogens (tertiary/aromatic N) is 2. The predicted molar refractivity (Wildman–Crippen MR) is 88.0 cm³/mol. The molecule has 4 N–H and O–H groups in total. The molecule has 0 fully saturated rings. The summed E-state index contributed by atoms with van der Waals surface area (Å²) in [5.74, 6) is 8.04. The maximum absolute atomic E-state index is 5.53. The predicted octanol–water partition coefficient (Wildman–Crippen LogP) is 3.63. The summed E-state index contributed by atoms with van der Waals surface area (Å²) in [5, 5.41) is 3.36. The van der Waals surface area contributed by atoms with E-state index in [-0.39, 0.29) is 5.92 Å². The first-order valence-corrected chi connectivity index (χ1v) is 7.95. The maximum atomic E-state index is 5.53. The number of hydrazine groups is 1. The second-order valence-electron chi connectivity index (χ2n) is 4.76. The van der Waals surface area contributed by atoms with E-state index in [9.17, 15) is 0 Å². The van der Waals surface area contributed by atoms with Gasteiger partial charge in [0, 0.05) is 16.4 Å². The molecule has 0 spiro atoms. The molecule has 0 amide bonds. The van der Waals surface area contributed by atoms with Crippen LogP contribution in [0.25, 0.3) is 0 Å². The zero-order valence-electron chi connectivity index (χ0n) is 11.7. The summed E-state index contributed by atoms with van der Waals surface area (Å²) < 4.78 is 1.13. The van der Waals surface area contributed by atoms with Gasteiger partial charge in [0.15, 0.2) is 0 Å². The van der Waals surface area contributed by atoms with Gasteiger partial charge in [-0.05, 0) is 35.0 Å². The molecule has 108 valence electrons. The molecule has 2 heterocycles. The lowest BCUT2D eigenvalue weighted by Gasteiger charge is -2.14. The largest absolute Gasteiger partial charge is 0.365 e. The number of thiophene rings is 1. The van der Waals surface area contributed by atoms with Gasteiger partial charge in [-0.3, -0.25) is 0 Å². The molecule has 2 rings (SSSR count). The van der Waals surface area contributed by atoms with E-state index in [0.29, 0.717) is 5.82 Å². The summed E-state index contributed by atoms with van der Waals surface area (Å²) in [6, 6.07) is 4.13. The number of halogens is 1. The number of hydrogen-bond donors (Lipinski definition) is 3. The summed E-state index contributed by atoms with van der Waals surface area (Å²) in [4.78, 5) is 10.2. The van der Waals surface area contributed by atoms with E-state index < -0.39 is 0 Å². The summed E-state index contributed by atoms with van der Waals surface area (Å²) in [6.45, 7) is 6.80. The van der Waals surface area contributed by atoms with Gasteiger partial charge in [0.2, 0.25) is 0 Å². The lowest BCUT2D eigenvalue weighted by molar-refractivity contribution is 0.772. The molecule has 0 saturated carbocycles. The molecule has 2 aromatic rings. The lowest BCUT2D eigenvalue weighted by Crippen LogP contribution is -2.15. The molecule has 5 nitrogen and oxygen atoms in total. The van der Waals surface area contributed by atoms with Crippen molar-refractivity contribution in [3.63, 3.8) is 0 Å². The van der Waals surface area contributed by atoms with Crippen LogP contribution in [0.15, 0.2) is 15.9 Å². The zero-order chi connectivity index (χ0) is 14.7. The Labute approximate surface area is 131 Å². The molecule has 0 radical (unpaired) electrons. The van der Waals surface area contributed by atoms with Gasteiger partial charge in [0.1, 0.15) is 17.5 Å². The van der Waals surface area contributed by atoms with Crippen molar-refractivity contribution in [3.8, 4) is 0 Å². The van der Waals surface area contributed by atoms with Gasteiger partial charge in [-0.2, -0.15) is 0 Å². The fourth-order valence-electron chi connectivity index (χ4n) is 1.72. The summed E-state index contributed by atoms with van der Waals surface area (Å²) >= 11 is 5.17. The second-order valence-corrected chi connectivity index (χ2v) is 7.31. The van der Waals surface area contributed by atoms with Crippen LogP contribution >= 0.6 is 27.3 Å². The van der Waals surface area contributed by atoms with Gasteiger partial charge in [0.25, 0.3) is 0 Å². The van der Waals surface area contributed by atoms with E-state index in [2.05, 4.69) is 56.6 Å². The molecule has 0 aliphatic carbocycles. The molecule has 2 aromatic heterocycles. The van der Waals surface area contributed by atoms with Gasteiger partial charge in [-0.1, -0.05) is 13.8 Å². The Morgan fingerprint density at radius 1 is 1.30 bits per heavy atom. The molecule has 0 aliphatic rings. The Kier molecular flexibility index (Phi) is 4.95. The molecule has 0 aliphatic heterocycles. The highest BCUT2D eigenvalue weighted by Gasteiger charge is 2.12. The number of nitrogen functional groups attached to an aromatic ring is 1. The normalized spacial score (nSPS) is 10.9.